The summed E-state index contributed by atoms with van der Waals surface area (Å²) in [6, 6.07) is 11.5. The quantitative estimate of drug-likeness (QED) is 0.379. The lowest BCUT2D eigenvalue weighted by molar-refractivity contribution is -0.122. The highest BCUT2D eigenvalue weighted by molar-refractivity contribution is 5.98. The van der Waals surface area contributed by atoms with Gasteiger partial charge >= 0.3 is 6.61 Å². The number of anilines is 3. The van der Waals surface area contributed by atoms with Crippen LogP contribution >= 0.6 is 0 Å². The molecule has 0 bridgehead atoms. The number of hydrogen-bond acceptors (Lipinski definition) is 8. The van der Waals surface area contributed by atoms with Crippen LogP contribution in [0.25, 0.3) is 22.4 Å². The van der Waals surface area contributed by atoms with Gasteiger partial charge in [0.1, 0.15) is 17.3 Å². The molecule has 0 atom stereocenters. The normalized spacial score (nSPS) is 14.1. The van der Waals surface area contributed by atoms with Crippen LogP contribution in [0.1, 0.15) is 12.8 Å². The van der Waals surface area contributed by atoms with Crippen molar-refractivity contribution in [2.75, 3.05) is 23.8 Å². The molecule has 0 radical (unpaired) electrons. The van der Waals surface area contributed by atoms with Gasteiger partial charge in [-0.2, -0.15) is 8.78 Å². The summed E-state index contributed by atoms with van der Waals surface area (Å²) in [5, 5.41) is 6.75. The predicted molar refractivity (Wildman–Crippen MR) is 129 cm³/mol. The van der Waals surface area contributed by atoms with Gasteiger partial charge in [-0.3, -0.25) is 9.78 Å². The maximum atomic E-state index is 12.7. The second kappa shape index (κ2) is 10.6. The molecule has 2 aromatic heterocycles. The second-order valence-corrected chi connectivity index (χ2v) is 8.13. The summed E-state index contributed by atoms with van der Waals surface area (Å²) < 4.78 is 35.2. The van der Waals surface area contributed by atoms with Crippen molar-refractivity contribution in [2.24, 2.45) is 5.92 Å². The number of aromatic nitrogens is 4. The van der Waals surface area contributed by atoms with Crippen LogP contribution in [-0.2, 0) is 9.53 Å². The third-order valence-corrected chi connectivity index (χ3v) is 5.67. The monoisotopic (exact) mass is 492 g/mol. The number of rotatable bonds is 7. The number of halogens is 2. The highest BCUT2D eigenvalue weighted by atomic mass is 19.3. The van der Waals surface area contributed by atoms with E-state index in [9.17, 15) is 13.6 Å². The summed E-state index contributed by atoms with van der Waals surface area (Å²) in [7, 11) is 0. The van der Waals surface area contributed by atoms with Crippen LogP contribution in [0, 0.1) is 5.92 Å². The summed E-state index contributed by atoms with van der Waals surface area (Å²) in [5.41, 5.74) is 2.13. The molecular weight excluding hydrogens is 470 g/mol. The van der Waals surface area contributed by atoms with E-state index in [2.05, 4.69) is 35.3 Å². The molecule has 9 nitrogen and oxygen atoms in total. The molecule has 0 aliphatic carbocycles. The first kappa shape index (κ1) is 23.5. The molecule has 184 valence electrons. The largest absolute Gasteiger partial charge is 0.435 e. The molecular formula is C25H22F2N6O3. The van der Waals surface area contributed by atoms with Crippen LogP contribution < -0.4 is 15.4 Å². The Morgan fingerprint density at radius 1 is 1.06 bits per heavy atom. The van der Waals surface area contributed by atoms with Gasteiger partial charge in [0.25, 0.3) is 0 Å². The lowest BCUT2D eigenvalue weighted by Crippen LogP contribution is -2.28. The second-order valence-electron chi connectivity index (χ2n) is 8.13. The Labute approximate surface area is 204 Å². The Kier molecular flexibility index (Phi) is 6.89. The zero-order valence-electron chi connectivity index (χ0n) is 19.0. The van der Waals surface area contributed by atoms with Crippen molar-refractivity contribution in [1.29, 1.82) is 0 Å². The summed E-state index contributed by atoms with van der Waals surface area (Å²) in [4.78, 5) is 30.3. The zero-order chi connectivity index (χ0) is 24.9. The highest BCUT2D eigenvalue weighted by Crippen LogP contribution is 2.30. The molecule has 1 aliphatic heterocycles. The first-order chi connectivity index (χ1) is 17.5. The number of carbonyl (C=O) groups is 1. The van der Waals surface area contributed by atoms with Gasteiger partial charge in [0.15, 0.2) is 5.82 Å². The van der Waals surface area contributed by atoms with Crippen LogP contribution in [0.2, 0.25) is 0 Å². The number of carbonyl (C=O) groups excluding carboxylic acids is 1. The Bertz CT molecular complexity index is 1370. The molecule has 3 heterocycles. The number of nitrogens with zero attached hydrogens (tertiary/aromatic N) is 4. The molecule has 0 unspecified atom stereocenters. The van der Waals surface area contributed by atoms with E-state index < -0.39 is 6.61 Å². The van der Waals surface area contributed by atoms with Crippen molar-refractivity contribution in [3.63, 3.8) is 0 Å². The van der Waals surface area contributed by atoms with Gasteiger partial charge < -0.3 is 20.1 Å². The average molecular weight is 492 g/mol. The lowest BCUT2D eigenvalue weighted by atomic mass is 9.99. The molecule has 1 fully saturated rings. The van der Waals surface area contributed by atoms with Gasteiger partial charge in [-0.05, 0) is 43.2 Å². The van der Waals surface area contributed by atoms with Crippen LogP contribution in [0.5, 0.6) is 5.75 Å². The van der Waals surface area contributed by atoms with Gasteiger partial charge in [-0.15, -0.1) is 0 Å². The van der Waals surface area contributed by atoms with E-state index in [0.717, 1.165) is 0 Å². The van der Waals surface area contributed by atoms with E-state index in [4.69, 9.17) is 4.74 Å². The molecule has 1 saturated heterocycles. The van der Waals surface area contributed by atoms with E-state index in [1.54, 1.807) is 42.7 Å². The lowest BCUT2D eigenvalue weighted by Gasteiger charge is -2.21. The van der Waals surface area contributed by atoms with Crippen LogP contribution in [0.3, 0.4) is 0 Å². The molecule has 11 heteroatoms. The topological polar surface area (TPSA) is 111 Å². The highest BCUT2D eigenvalue weighted by Gasteiger charge is 2.22. The van der Waals surface area contributed by atoms with Gasteiger partial charge in [0.2, 0.25) is 5.91 Å². The fraction of sp³-hybridized carbons (Fsp3) is 0.240. The molecule has 1 amide bonds. The van der Waals surface area contributed by atoms with Gasteiger partial charge in [-0.1, -0.05) is 6.07 Å². The minimum absolute atomic E-state index is 0.00641. The number of benzene rings is 2. The minimum atomic E-state index is -2.94. The first-order valence-corrected chi connectivity index (χ1v) is 11.3. The fourth-order valence-electron chi connectivity index (χ4n) is 3.92. The van der Waals surface area contributed by atoms with E-state index in [1.807, 2.05) is 0 Å². The number of alkyl halides is 2. The first-order valence-electron chi connectivity index (χ1n) is 11.3. The number of amides is 1. The van der Waals surface area contributed by atoms with E-state index in [0.29, 0.717) is 65.7 Å². The number of fused-ring (bicyclic) bond motifs is 1. The number of nitrogens with one attached hydrogen (secondary N) is 2. The van der Waals surface area contributed by atoms with Crippen molar-refractivity contribution < 1.29 is 23.0 Å². The summed E-state index contributed by atoms with van der Waals surface area (Å²) in [6.45, 7) is -1.81. The van der Waals surface area contributed by atoms with Crippen LogP contribution in [-0.4, -0.2) is 45.7 Å². The van der Waals surface area contributed by atoms with E-state index in [1.165, 1.54) is 18.3 Å². The van der Waals surface area contributed by atoms with Crippen molar-refractivity contribution in [1.82, 2.24) is 19.9 Å². The molecule has 2 aromatic carbocycles. The van der Waals surface area contributed by atoms with Gasteiger partial charge in [0.05, 0.1) is 11.7 Å². The Hall–Kier alpha value is -4.25. The summed E-state index contributed by atoms with van der Waals surface area (Å²) in [6.07, 6.45) is 5.98. The average Bonchev–Trinajstić information content (AvgIpc) is 2.89. The van der Waals surface area contributed by atoms with Gasteiger partial charge in [-0.25, -0.2) is 15.0 Å². The predicted octanol–water partition coefficient (Wildman–Crippen LogP) is 4.80. The molecule has 0 saturated carbocycles. The maximum Gasteiger partial charge on any atom is 0.387 e. The molecule has 0 spiro atoms. The molecule has 36 heavy (non-hydrogen) atoms. The van der Waals surface area contributed by atoms with Crippen molar-refractivity contribution >= 4 is 34.0 Å². The summed E-state index contributed by atoms with van der Waals surface area (Å²) in [5.74, 6) is 0.557. The standard InChI is InChI=1S/C25H22F2N6O3/c26-25(27)36-18-3-1-2-16(12-18)30-22-19-13-17(31-24(34)15-6-10-35-11-7-15)4-5-20(19)32-23(33-22)21-14-28-8-9-29-21/h1-5,8-9,12-15,25H,6-7,10-11H2,(H,31,34)(H,30,32,33). The Balaban J connectivity index is 1.51. The van der Waals surface area contributed by atoms with E-state index in [-0.39, 0.29) is 17.6 Å². The molecule has 2 N–H and O–H groups in total. The van der Waals surface area contributed by atoms with Crippen LogP contribution in [0.15, 0.2) is 61.1 Å². The zero-order valence-corrected chi connectivity index (χ0v) is 19.0. The Morgan fingerprint density at radius 2 is 1.92 bits per heavy atom. The molecule has 1 aliphatic rings. The maximum absolute atomic E-state index is 12.7. The molecule has 4 aromatic rings. The number of hydrogen-bond donors (Lipinski definition) is 2. The van der Waals surface area contributed by atoms with Crippen molar-refractivity contribution in [3.05, 3.63) is 61.1 Å². The van der Waals surface area contributed by atoms with Gasteiger partial charge in [0, 0.05) is 54.4 Å². The fourth-order valence-corrected chi connectivity index (χ4v) is 3.92. The third kappa shape index (κ3) is 5.52. The third-order valence-electron chi connectivity index (χ3n) is 5.67. The van der Waals surface area contributed by atoms with Crippen molar-refractivity contribution in [2.45, 2.75) is 19.5 Å². The van der Waals surface area contributed by atoms with Crippen molar-refractivity contribution in [3.8, 4) is 17.3 Å². The van der Waals surface area contributed by atoms with Crippen LogP contribution in [0.4, 0.5) is 26.0 Å². The molecule has 5 rings (SSSR count). The SMILES string of the molecule is O=C(Nc1ccc2nc(-c3cnccn3)nc(Nc3cccc(OC(F)F)c3)c2c1)C1CCOCC1. The van der Waals surface area contributed by atoms with E-state index >= 15 is 0 Å². The summed E-state index contributed by atoms with van der Waals surface area (Å²) >= 11 is 0. The number of ether oxygens (including phenoxy) is 2. The Morgan fingerprint density at radius 3 is 2.69 bits per heavy atom. The smallest absolute Gasteiger partial charge is 0.387 e. The minimum Gasteiger partial charge on any atom is -0.435 e.